The van der Waals surface area contributed by atoms with Crippen molar-refractivity contribution >= 4 is 33.1 Å². The Morgan fingerprint density at radius 3 is 2.84 bits per heavy atom. The van der Waals surface area contributed by atoms with Gasteiger partial charge in [0.2, 0.25) is 0 Å². The van der Waals surface area contributed by atoms with Crippen LogP contribution in [0.3, 0.4) is 0 Å². The molecule has 2 heterocycles. The zero-order chi connectivity index (χ0) is 18.1. The fourth-order valence-electron chi connectivity index (χ4n) is 2.51. The molecule has 0 saturated carbocycles. The van der Waals surface area contributed by atoms with E-state index in [4.69, 9.17) is 0 Å². The second-order valence-corrected chi connectivity index (χ2v) is 6.48. The maximum absolute atomic E-state index is 12.5. The molecule has 0 atom stereocenters. The van der Waals surface area contributed by atoms with Crippen molar-refractivity contribution in [2.75, 3.05) is 7.05 Å². The van der Waals surface area contributed by atoms with Gasteiger partial charge in [-0.1, -0.05) is 0 Å². The number of amides is 1. The summed E-state index contributed by atoms with van der Waals surface area (Å²) in [5.74, 6) is 0.0662. The van der Waals surface area contributed by atoms with Gasteiger partial charge in [0, 0.05) is 24.2 Å². The first-order valence-corrected chi connectivity index (χ1v) is 8.21. The van der Waals surface area contributed by atoms with E-state index in [1.54, 1.807) is 25.4 Å². The van der Waals surface area contributed by atoms with Gasteiger partial charge in [0.15, 0.2) is 0 Å². The summed E-state index contributed by atoms with van der Waals surface area (Å²) < 4.78 is 0.545. The number of nitro benzene ring substituents is 1. The van der Waals surface area contributed by atoms with Crippen LogP contribution in [0.4, 0.5) is 5.69 Å². The summed E-state index contributed by atoms with van der Waals surface area (Å²) in [7, 11) is 1.58. The predicted molar refractivity (Wildman–Crippen MR) is 93.9 cm³/mol. The highest BCUT2D eigenvalue weighted by Gasteiger charge is 2.17. The number of hydrogen-bond donors (Lipinski definition) is 1. The molecular formula is C16H14N4O4S. The van der Waals surface area contributed by atoms with Crippen molar-refractivity contribution in [1.82, 2.24) is 14.9 Å². The summed E-state index contributed by atoms with van der Waals surface area (Å²) in [5.41, 5.74) is 1.07. The number of aryl methyl sites for hydroxylation is 1. The molecule has 3 rings (SSSR count). The highest BCUT2D eigenvalue weighted by Crippen LogP contribution is 2.20. The number of H-pyrrole nitrogens is 1. The van der Waals surface area contributed by atoms with Crippen LogP contribution in [0.5, 0.6) is 0 Å². The molecule has 0 radical (unpaired) electrons. The van der Waals surface area contributed by atoms with E-state index in [9.17, 15) is 19.7 Å². The Balaban J connectivity index is 1.83. The quantitative estimate of drug-likeness (QED) is 0.569. The second kappa shape index (κ2) is 6.44. The molecule has 0 bridgehead atoms. The Labute approximate surface area is 145 Å². The molecule has 9 heteroatoms. The maximum Gasteiger partial charge on any atom is 0.272 e. The van der Waals surface area contributed by atoms with Gasteiger partial charge in [-0.05, 0) is 30.5 Å². The maximum atomic E-state index is 12.5. The Kier molecular flexibility index (Phi) is 4.32. The van der Waals surface area contributed by atoms with Gasteiger partial charge in [-0.3, -0.25) is 19.7 Å². The minimum absolute atomic E-state index is 0.0342. The molecular weight excluding hydrogens is 344 g/mol. The highest BCUT2D eigenvalue weighted by molar-refractivity contribution is 7.17. The van der Waals surface area contributed by atoms with Gasteiger partial charge in [0.25, 0.3) is 17.2 Å². The number of benzene rings is 1. The molecule has 0 aliphatic carbocycles. The lowest BCUT2D eigenvalue weighted by Gasteiger charge is -2.16. The van der Waals surface area contributed by atoms with Gasteiger partial charge in [0.1, 0.15) is 10.5 Å². The number of hydrogen-bond acceptors (Lipinski definition) is 6. The first-order chi connectivity index (χ1) is 11.9. The standard InChI is InChI=1S/C16H14N4O4S/c1-9-7-10(3-4-12(9)20(23)24)16(22)19(2)8-13-17-11-5-6-25-14(11)15(21)18-13/h3-7H,8H2,1-2H3,(H,17,18,21). The number of carbonyl (C=O) groups is 1. The highest BCUT2D eigenvalue weighted by atomic mass is 32.1. The van der Waals surface area contributed by atoms with E-state index in [-0.39, 0.29) is 23.7 Å². The number of rotatable bonds is 4. The number of thiophene rings is 1. The molecule has 1 amide bonds. The Hall–Kier alpha value is -3.07. The van der Waals surface area contributed by atoms with Crippen LogP contribution in [0, 0.1) is 17.0 Å². The first-order valence-electron chi connectivity index (χ1n) is 7.33. The van der Waals surface area contributed by atoms with Crippen molar-refractivity contribution in [3.63, 3.8) is 0 Å². The van der Waals surface area contributed by atoms with Crippen LogP contribution in [0.1, 0.15) is 21.7 Å². The number of aromatic nitrogens is 2. The lowest BCUT2D eigenvalue weighted by molar-refractivity contribution is -0.385. The summed E-state index contributed by atoms with van der Waals surface area (Å²) in [4.78, 5) is 43.3. The molecule has 0 fully saturated rings. The van der Waals surface area contributed by atoms with E-state index in [0.717, 1.165) is 0 Å². The van der Waals surface area contributed by atoms with Crippen LogP contribution in [0.25, 0.3) is 10.2 Å². The third-order valence-electron chi connectivity index (χ3n) is 3.74. The Bertz CT molecular complexity index is 1040. The largest absolute Gasteiger partial charge is 0.334 e. The van der Waals surface area contributed by atoms with Crippen LogP contribution >= 0.6 is 11.3 Å². The Morgan fingerprint density at radius 1 is 1.40 bits per heavy atom. The SMILES string of the molecule is Cc1cc(C(=O)N(C)Cc2nc3ccsc3c(=O)[nH]2)ccc1[N+](=O)[O-]. The molecule has 0 unspecified atom stereocenters. The van der Waals surface area contributed by atoms with E-state index in [1.807, 2.05) is 0 Å². The molecule has 128 valence electrons. The van der Waals surface area contributed by atoms with E-state index in [0.29, 0.717) is 27.2 Å². The fourth-order valence-corrected chi connectivity index (χ4v) is 3.23. The first kappa shape index (κ1) is 16.8. The van der Waals surface area contributed by atoms with E-state index in [1.165, 1.54) is 34.4 Å². The predicted octanol–water partition coefficient (Wildman–Crippen LogP) is 2.47. The molecule has 3 aromatic rings. The number of nitrogens with zero attached hydrogens (tertiary/aromatic N) is 3. The normalized spacial score (nSPS) is 10.8. The van der Waals surface area contributed by atoms with Crippen LogP contribution in [-0.2, 0) is 6.54 Å². The van der Waals surface area contributed by atoms with Gasteiger partial charge in [0.05, 0.1) is 17.0 Å². The third-order valence-corrected chi connectivity index (χ3v) is 4.64. The van der Waals surface area contributed by atoms with Crippen LogP contribution in [-0.4, -0.2) is 32.7 Å². The van der Waals surface area contributed by atoms with E-state index in [2.05, 4.69) is 9.97 Å². The van der Waals surface area contributed by atoms with Gasteiger partial charge in [-0.2, -0.15) is 0 Å². The van der Waals surface area contributed by atoms with Crippen molar-refractivity contribution in [3.8, 4) is 0 Å². The molecule has 0 saturated heterocycles. The summed E-state index contributed by atoms with van der Waals surface area (Å²) in [5, 5.41) is 12.6. The minimum atomic E-state index is -0.488. The van der Waals surface area contributed by atoms with Crippen molar-refractivity contribution in [2.24, 2.45) is 0 Å². The van der Waals surface area contributed by atoms with Crippen LogP contribution < -0.4 is 5.56 Å². The molecule has 8 nitrogen and oxygen atoms in total. The lowest BCUT2D eigenvalue weighted by atomic mass is 10.1. The third kappa shape index (κ3) is 3.26. The molecule has 25 heavy (non-hydrogen) atoms. The minimum Gasteiger partial charge on any atom is -0.334 e. The Morgan fingerprint density at radius 2 is 2.16 bits per heavy atom. The zero-order valence-electron chi connectivity index (χ0n) is 13.5. The van der Waals surface area contributed by atoms with Gasteiger partial charge >= 0.3 is 0 Å². The molecule has 0 aliphatic rings. The number of aromatic amines is 1. The van der Waals surface area contributed by atoms with E-state index < -0.39 is 4.92 Å². The molecule has 1 aromatic carbocycles. The zero-order valence-corrected chi connectivity index (χ0v) is 14.3. The molecule has 0 spiro atoms. The second-order valence-electron chi connectivity index (χ2n) is 5.57. The van der Waals surface area contributed by atoms with E-state index >= 15 is 0 Å². The molecule has 1 N–H and O–H groups in total. The number of nitro groups is 1. The lowest BCUT2D eigenvalue weighted by Crippen LogP contribution is -2.28. The summed E-state index contributed by atoms with van der Waals surface area (Å²) in [6, 6.07) is 5.96. The van der Waals surface area contributed by atoms with Crippen molar-refractivity contribution in [1.29, 1.82) is 0 Å². The summed E-state index contributed by atoms with van der Waals surface area (Å²) in [6.07, 6.45) is 0. The average molecular weight is 358 g/mol. The van der Waals surface area contributed by atoms with Gasteiger partial charge < -0.3 is 9.88 Å². The van der Waals surface area contributed by atoms with Gasteiger partial charge in [-0.15, -0.1) is 11.3 Å². The molecule has 0 aliphatic heterocycles. The number of fused-ring (bicyclic) bond motifs is 1. The fraction of sp³-hybridized carbons (Fsp3) is 0.188. The van der Waals surface area contributed by atoms with Crippen molar-refractivity contribution in [3.05, 3.63) is 67.1 Å². The average Bonchev–Trinajstić information content (AvgIpc) is 3.02. The van der Waals surface area contributed by atoms with Crippen molar-refractivity contribution in [2.45, 2.75) is 13.5 Å². The summed E-state index contributed by atoms with van der Waals surface area (Å²) in [6.45, 7) is 1.70. The van der Waals surface area contributed by atoms with Gasteiger partial charge in [-0.25, -0.2) is 4.98 Å². The monoisotopic (exact) mass is 358 g/mol. The summed E-state index contributed by atoms with van der Waals surface area (Å²) >= 11 is 1.31. The molecule has 2 aromatic heterocycles. The van der Waals surface area contributed by atoms with Crippen LogP contribution in [0.2, 0.25) is 0 Å². The van der Waals surface area contributed by atoms with Crippen LogP contribution in [0.15, 0.2) is 34.4 Å². The topological polar surface area (TPSA) is 109 Å². The number of nitrogens with one attached hydrogen (secondary N) is 1. The van der Waals surface area contributed by atoms with Crippen molar-refractivity contribution < 1.29 is 9.72 Å². The number of carbonyl (C=O) groups excluding carboxylic acids is 1. The smallest absolute Gasteiger partial charge is 0.272 e.